The highest BCUT2D eigenvalue weighted by atomic mass is 16.2. The van der Waals surface area contributed by atoms with Crippen molar-refractivity contribution in [1.82, 2.24) is 29.5 Å². The molecule has 0 aliphatic carbocycles. The van der Waals surface area contributed by atoms with Crippen LogP contribution in [0.1, 0.15) is 43.3 Å². The van der Waals surface area contributed by atoms with Gasteiger partial charge in [0.15, 0.2) is 0 Å². The molecule has 2 fully saturated rings. The number of rotatable bonds is 3. The minimum absolute atomic E-state index is 0.108. The summed E-state index contributed by atoms with van der Waals surface area (Å²) in [5.74, 6) is 2.55. The fourth-order valence-electron chi connectivity index (χ4n) is 3.62. The molecule has 0 N–H and O–H groups in total. The van der Waals surface area contributed by atoms with Crippen LogP contribution in [0, 0.1) is 0 Å². The van der Waals surface area contributed by atoms with Gasteiger partial charge in [-0.05, 0) is 38.8 Å². The van der Waals surface area contributed by atoms with Crippen LogP contribution in [0.5, 0.6) is 0 Å². The molecule has 7 heteroatoms. The van der Waals surface area contributed by atoms with Crippen molar-refractivity contribution in [2.45, 2.75) is 38.1 Å². The van der Waals surface area contributed by atoms with E-state index in [0.717, 1.165) is 44.1 Å². The summed E-state index contributed by atoms with van der Waals surface area (Å²) in [6.45, 7) is 4.86. The van der Waals surface area contributed by atoms with E-state index in [9.17, 15) is 4.79 Å². The second-order valence-electron chi connectivity index (χ2n) is 6.96. The Hall–Kier alpha value is -1.63. The van der Waals surface area contributed by atoms with Gasteiger partial charge in [-0.3, -0.25) is 4.90 Å². The normalized spacial score (nSPS) is 20.2. The molecule has 1 aromatic rings. The highest BCUT2D eigenvalue weighted by Crippen LogP contribution is 2.27. The second-order valence-corrected chi connectivity index (χ2v) is 6.96. The van der Waals surface area contributed by atoms with Crippen LogP contribution in [0.2, 0.25) is 0 Å². The number of hydrogen-bond donors (Lipinski definition) is 0. The summed E-state index contributed by atoms with van der Waals surface area (Å²) >= 11 is 0. The van der Waals surface area contributed by atoms with Crippen LogP contribution in [-0.4, -0.2) is 75.8 Å². The van der Waals surface area contributed by atoms with E-state index < -0.39 is 0 Å². The van der Waals surface area contributed by atoms with Crippen molar-refractivity contribution in [2.24, 2.45) is 7.05 Å². The Kier molecular flexibility index (Phi) is 4.84. The monoisotopic (exact) mass is 320 g/mol. The molecule has 2 aliphatic heterocycles. The van der Waals surface area contributed by atoms with E-state index >= 15 is 0 Å². The quantitative estimate of drug-likeness (QED) is 0.842. The molecule has 2 amide bonds. The van der Waals surface area contributed by atoms with Crippen LogP contribution in [0.3, 0.4) is 0 Å². The minimum atomic E-state index is 0.108. The Morgan fingerprint density at radius 1 is 1.13 bits per heavy atom. The third-order valence-corrected chi connectivity index (χ3v) is 5.08. The molecule has 3 heterocycles. The van der Waals surface area contributed by atoms with E-state index in [1.807, 2.05) is 19.0 Å². The standard InChI is InChI=1S/C16H28N6O/c1-19(2)16(23)22-10-6-13(7-11-22)15-18-17-14(20(15)3)12-21-8-4-5-9-21/h13H,4-12H2,1-3H3. The van der Waals surface area contributed by atoms with E-state index in [1.54, 1.807) is 4.90 Å². The molecule has 2 aliphatic rings. The number of likely N-dealkylation sites (tertiary alicyclic amines) is 2. The van der Waals surface area contributed by atoms with Crippen LogP contribution in [0.25, 0.3) is 0 Å². The van der Waals surface area contributed by atoms with Gasteiger partial charge in [0.1, 0.15) is 11.6 Å². The molecule has 1 aromatic heterocycles. The first-order chi connectivity index (χ1) is 11.1. The Bertz CT molecular complexity index is 541. The Morgan fingerprint density at radius 3 is 2.39 bits per heavy atom. The molecule has 128 valence electrons. The summed E-state index contributed by atoms with van der Waals surface area (Å²) in [4.78, 5) is 18.0. The first kappa shape index (κ1) is 16.2. The molecule has 7 nitrogen and oxygen atoms in total. The lowest BCUT2D eigenvalue weighted by Crippen LogP contribution is -2.43. The molecule has 0 unspecified atom stereocenters. The fourth-order valence-corrected chi connectivity index (χ4v) is 3.62. The van der Waals surface area contributed by atoms with Crippen LogP contribution in [0.15, 0.2) is 0 Å². The number of aromatic nitrogens is 3. The molecule has 0 atom stereocenters. The lowest BCUT2D eigenvalue weighted by Gasteiger charge is -2.33. The molecule has 0 spiro atoms. The Labute approximate surface area is 138 Å². The zero-order valence-electron chi connectivity index (χ0n) is 14.5. The Morgan fingerprint density at radius 2 is 1.78 bits per heavy atom. The SMILES string of the molecule is CN(C)C(=O)N1CCC(c2nnc(CN3CCCC3)n2C)CC1. The smallest absolute Gasteiger partial charge is 0.319 e. The van der Waals surface area contributed by atoms with Crippen molar-refractivity contribution >= 4 is 6.03 Å². The maximum absolute atomic E-state index is 12.0. The summed E-state index contributed by atoms with van der Waals surface area (Å²) in [6, 6.07) is 0.108. The van der Waals surface area contributed by atoms with Gasteiger partial charge in [0.2, 0.25) is 0 Å². The first-order valence-corrected chi connectivity index (χ1v) is 8.63. The molecule has 0 bridgehead atoms. The van der Waals surface area contributed by atoms with E-state index in [4.69, 9.17) is 0 Å². The highest BCUT2D eigenvalue weighted by Gasteiger charge is 2.28. The summed E-state index contributed by atoms with van der Waals surface area (Å²) in [6.07, 6.45) is 4.52. The molecule has 3 rings (SSSR count). The number of nitrogens with zero attached hydrogens (tertiary/aromatic N) is 6. The van der Waals surface area contributed by atoms with E-state index in [1.165, 1.54) is 25.9 Å². The van der Waals surface area contributed by atoms with Crippen LogP contribution in [0.4, 0.5) is 4.79 Å². The van der Waals surface area contributed by atoms with Gasteiger partial charge in [-0.1, -0.05) is 0 Å². The number of hydrogen-bond acceptors (Lipinski definition) is 4. The average Bonchev–Trinajstić information content (AvgIpc) is 3.18. The van der Waals surface area contributed by atoms with Gasteiger partial charge in [0.25, 0.3) is 0 Å². The topological polar surface area (TPSA) is 57.5 Å². The third-order valence-electron chi connectivity index (χ3n) is 5.08. The number of urea groups is 1. The predicted molar refractivity (Wildman–Crippen MR) is 88.1 cm³/mol. The van der Waals surface area contributed by atoms with Gasteiger partial charge in [-0.15, -0.1) is 10.2 Å². The predicted octanol–water partition coefficient (Wildman–Crippen LogP) is 1.27. The van der Waals surface area contributed by atoms with E-state index in [2.05, 4.69) is 26.7 Å². The van der Waals surface area contributed by atoms with Gasteiger partial charge >= 0.3 is 6.03 Å². The zero-order chi connectivity index (χ0) is 16.4. The van der Waals surface area contributed by atoms with Gasteiger partial charge in [-0.2, -0.15) is 0 Å². The summed E-state index contributed by atoms with van der Waals surface area (Å²) < 4.78 is 2.17. The number of amides is 2. The lowest BCUT2D eigenvalue weighted by molar-refractivity contribution is 0.155. The summed E-state index contributed by atoms with van der Waals surface area (Å²) in [5.41, 5.74) is 0. The van der Waals surface area contributed by atoms with Crippen molar-refractivity contribution < 1.29 is 4.79 Å². The lowest BCUT2D eigenvalue weighted by atomic mass is 9.96. The molecular weight excluding hydrogens is 292 g/mol. The van der Waals surface area contributed by atoms with E-state index in [-0.39, 0.29) is 6.03 Å². The Balaban J connectivity index is 1.60. The van der Waals surface area contributed by atoms with Crippen molar-refractivity contribution in [3.05, 3.63) is 11.6 Å². The summed E-state index contributed by atoms with van der Waals surface area (Å²) in [7, 11) is 5.70. The molecule has 0 aromatic carbocycles. The number of piperidine rings is 1. The number of carbonyl (C=O) groups excluding carboxylic acids is 1. The minimum Gasteiger partial charge on any atom is -0.331 e. The van der Waals surface area contributed by atoms with Crippen molar-refractivity contribution in [3.63, 3.8) is 0 Å². The number of carbonyl (C=O) groups is 1. The third kappa shape index (κ3) is 3.49. The largest absolute Gasteiger partial charge is 0.331 e. The van der Waals surface area contributed by atoms with Crippen LogP contribution in [-0.2, 0) is 13.6 Å². The highest BCUT2D eigenvalue weighted by molar-refractivity contribution is 5.73. The van der Waals surface area contributed by atoms with Crippen molar-refractivity contribution in [1.29, 1.82) is 0 Å². The fraction of sp³-hybridized carbons (Fsp3) is 0.812. The molecule has 0 radical (unpaired) electrons. The molecule has 0 saturated carbocycles. The van der Waals surface area contributed by atoms with Gasteiger partial charge in [-0.25, -0.2) is 4.79 Å². The van der Waals surface area contributed by atoms with Gasteiger partial charge in [0, 0.05) is 40.2 Å². The average molecular weight is 320 g/mol. The molecule has 23 heavy (non-hydrogen) atoms. The maximum atomic E-state index is 12.0. The molecule has 2 saturated heterocycles. The molecular formula is C16H28N6O. The first-order valence-electron chi connectivity index (χ1n) is 8.63. The van der Waals surface area contributed by atoms with Gasteiger partial charge in [0.05, 0.1) is 6.54 Å². The summed E-state index contributed by atoms with van der Waals surface area (Å²) in [5, 5.41) is 8.88. The van der Waals surface area contributed by atoms with Crippen LogP contribution < -0.4 is 0 Å². The van der Waals surface area contributed by atoms with Crippen molar-refractivity contribution in [2.75, 3.05) is 40.3 Å². The second kappa shape index (κ2) is 6.86. The zero-order valence-corrected chi connectivity index (χ0v) is 14.5. The van der Waals surface area contributed by atoms with Gasteiger partial charge < -0.3 is 14.4 Å². The van der Waals surface area contributed by atoms with Crippen molar-refractivity contribution in [3.8, 4) is 0 Å². The van der Waals surface area contributed by atoms with Crippen LogP contribution >= 0.6 is 0 Å². The van der Waals surface area contributed by atoms with E-state index in [0.29, 0.717) is 5.92 Å². The maximum Gasteiger partial charge on any atom is 0.319 e.